The van der Waals surface area contributed by atoms with Crippen LogP contribution in [0.1, 0.15) is 32.4 Å². The van der Waals surface area contributed by atoms with Gasteiger partial charge < -0.3 is 15.5 Å². The second kappa shape index (κ2) is 8.78. The van der Waals surface area contributed by atoms with Gasteiger partial charge in [-0.3, -0.25) is 9.59 Å². The number of carbonyl (C=O) groups excluding carboxylic acids is 2. The van der Waals surface area contributed by atoms with E-state index in [1.807, 2.05) is 51.5 Å². The topological polar surface area (TPSA) is 61.4 Å². The number of amides is 2. The van der Waals surface area contributed by atoms with Crippen molar-refractivity contribution in [2.75, 3.05) is 27.2 Å². The van der Waals surface area contributed by atoms with Gasteiger partial charge in [0.05, 0.1) is 12.6 Å². The molecule has 0 aliphatic rings. The molecule has 5 nitrogen and oxygen atoms in total. The highest BCUT2D eigenvalue weighted by Gasteiger charge is 2.16. The summed E-state index contributed by atoms with van der Waals surface area (Å²) >= 11 is 1.67. The minimum atomic E-state index is -0.235. The van der Waals surface area contributed by atoms with E-state index < -0.39 is 0 Å². The lowest BCUT2D eigenvalue weighted by Gasteiger charge is -2.23. The van der Waals surface area contributed by atoms with Crippen LogP contribution < -0.4 is 10.6 Å². The summed E-state index contributed by atoms with van der Waals surface area (Å²) < 4.78 is 0. The van der Waals surface area contributed by atoms with Crippen molar-refractivity contribution in [1.82, 2.24) is 15.5 Å². The van der Waals surface area contributed by atoms with Crippen LogP contribution >= 0.6 is 11.3 Å². The van der Waals surface area contributed by atoms with Gasteiger partial charge in [0, 0.05) is 17.0 Å². The van der Waals surface area contributed by atoms with E-state index in [9.17, 15) is 9.59 Å². The number of nitrogens with one attached hydrogen (secondary N) is 2. The fourth-order valence-electron chi connectivity index (χ4n) is 2.44. The fraction of sp³-hybridized carbons (Fsp3) is 0.368. The van der Waals surface area contributed by atoms with Gasteiger partial charge in [0.2, 0.25) is 5.91 Å². The molecule has 2 amide bonds. The van der Waals surface area contributed by atoms with Crippen molar-refractivity contribution < 1.29 is 9.59 Å². The highest BCUT2D eigenvalue weighted by Crippen LogP contribution is 2.22. The number of hydrogen-bond acceptors (Lipinski definition) is 4. The molecule has 0 saturated carbocycles. The molecular weight excluding hydrogens is 334 g/mol. The summed E-state index contributed by atoms with van der Waals surface area (Å²) in [6.45, 7) is 4.44. The Hall–Kier alpha value is -2.18. The Kier molecular flexibility index (Phi) is 6.73. The standard InChI is InChI=1S/C19H25N3O2S/c1-13-7-8-15(10-14(13)2)19(24)21-12-18(23)20-11-16(22(3)4)17-6-5-9-25-17/h5-10,16H,11-12H2,1-4H3,(H,20,23)(H,21,24)/t16-/m0/s1. The monoisotopic (exact) mass is 359 g/mol. The first-order chi connectivity index (χ1) is 11.9. The number of likely N-dealkylation sites (N-methyl/N-ethyl adjacent to an activating group) is 1. The molecule has 25 heavy (non-hydrogen) atoms. The van der Waals surface area contributed by atoms with Gasteiger partial charge in [0.25, 0.3) is 5.91 Å². The first-order valence-corrected chi connectivity index (χ1v) is 9.08. The largest absolute Gasteiger partial charge is 0.353 e. The van der Waals surface area contributed by atoms with Gasteiger partial charge in [-0.2, -0.15) is 0 Å². The lowest BCUT2D eigenvalue weighted by molar-refractivity contribution is -0.120. The number of hydrogen-bond donors (Lipinski definition) is 2. The quantitative estimate of drug-likeness (QED) is 0.798. The first-order valence-electron chi connectivity index (χ1n) is 8.20. The minimum absolute atomic E-state index is 0.0314. The van der Waals surface area contributed by atoms with E-state index in [0.717, 1.165) is 11.1 Å². The van der Waals surface area contributed by atoms with Crippen molar-refractivity contribution in [3.05, 3.63) is 57.3 Å². The number of benzene rings is 1. The second-order valence-corrected chi connectivity index (χ2v) is 7.26. The molecule has 0 spiro atoms. The molecule has 6 heteroatoms. The Morgan fingerprint density at radius 2 is 1.88 bits per heavy atom. The molecule has 0 aliphatic heterocycles. The third-order valence-electron chi connectivity index (χ3n) is 4.17. The maximum Gasteiger partial charge on any atom is 0.251 e. The number of carbonyl (C=O) groups is 2. The smallest absolute Gasteiger partial charge is 0.251 e. The highest BCUT2D eigenvalue weighted by molar-refractivity contribution is 7.10. The maximum atomic E-state index is 12.1. The van der Waals surface area contributed by atoms with Crippen molar-refractivity contribution in [2.24, 2.45) is 0 Å². The first kappa shape index (κ1) is 19.1. The minimum Gasteiger partial charge on any atom is -0.353 e. The van der Waals surface area contributed by atoms with Crippen molar-refractivity contribution in [1.29, 1.82) is 0 Å². The van der Waals surface area contributed by atoms with Crippen LogP contribution in [0.5, 0.6) is 0 Å². The number of nitrogens with zero attached hydrogens (tertiary/aromatic N) is 1. The van der Waals surface area contributed by atoms with Crippen LogP contribution in [0, 0.1) is 13.8 Å². The van der Waals surface area contributed by atoms with Gasteiger partial charge >= 0.3 is 0 Å². The lowest BCUT2D eigenvalue weighted by Crippen LogP contribution is -2.40. The van der Waals surface area contributed by atoms with Crippen molar-refractivity contribution in [3.63, 3.8) is 0 Å². The van der Waals surface area contributed by atoms with Crippen LogP contribution in [0.15, 0.2) is 35.7 Å². The molecule has 134 valence electrons. The second-order valence-electron chi connectivity index (χ2n) is 6.28. The lowest BCUT2D eigenvalue weighted by atomic mass is 10.1. The molecule has 1 aromatic carbocycles. The third-order valence-corrected chi connectivity index (χ3v) is 5.14. The Bertz CT molecular complexity index is 726. The Morgan fingerprint density at radius 3 is 2.48 bits per heavy atom. The molecule has 0 radical (unpaired) electrons. The van der Waals surface area contributed by atoms with E-state index in [0.29, 0.717) is 12.1 Å². The van der Waals surface area contributed by atoms with E-state index in [-0.39, 0.29) is 24.4 Å². The van der Waals surface area contributed by atoms with Gasteiger partial charge in [-0.25, -0.2) is 0 Å². The van der Waals surface area contributed by atoms with Crippen molar-refractivity contribution >= 4 is 23.2 Å². The number of aryl methyl sites for hydroxylation is 2. The Balaban J connectivity index is 1.83. The molecule has 2 N–H and O–H groups in total. The third kappa shape index (κ3) is 5.41. The summed E-state index contributed by atoms with van der Waals surface area (Å²) in [5, 5.41) is 7.59. The summed E-state index contributed by atoms with van der Waals surface area (Å²) in [4.78, 5) is 27.5. The Labute approximate surface area is 153 Å². The predicted octanol–water partition coefficient (Wildman–Crippen LogP) is 2.51. The molecular formula is C19H25N3O2S. The molecule has 1 aromatic heterocycles. The van der Waals surface area contributed by atoms with E-state index in [1.54, 1.807) is 17.4 Å². The van der Waals surface area contributed by atoms with Crippen LogP contribution in [0.4, 0.5) is 0 Å². The van der Waals surface area contributed by atoms with Crippen molar-refractivity contribution in [3.8, 4) is 0 Å². The van der Waals surface area contributed by atoms with Gasteiger partial charge in [-0.05, 0) is 62.6 Å². The summed E-state index contributed by atoms with van der Waals surface area (Å²) in [6, 6.07) is 9.70. The SMILES string of the molecule is Cc1ccc(C(=O)NCC(=O)NC[C@@H](c2cccs2)N(C)C)cc1C. The van der Waals surface area contributed by atoms with Crippen LogP contribution in [-0.4, -0.2) is 43.9 Å². The zero-order valence-electron chi connectivity index (χ0n) is 15.1. The van der Waals surface area contributed by atoms with E-state index in [2.05, 4.69) is 21.6 Å². The normalized spacial score (nSPS) is 12.0. The van der Waals surface area contributed by atoms with E-state index in [1.165, 1.54) is 4.88 Å². The van der Waals surface area contributed by atoms with E-state index in [4.69, 9.17) is 0 Å². The Morgan fingerprint density at radius 1 is 1.12 bits per heavy atom. The summed E-state index contributed by atoms with van der Waals surface area (Å²) in [6.07, 6.45) is 0. The van der Waals surface area contributed by atoms with Gasteiger partial charge in [-0.1, -0.05) is 12.1 Å². The summed E-state index contributed by atoms with van der Waals surface area (Å²) in [5.41, 5.74) is 2.76. The van der Waals surface area contributed by atoms with Crippen LogP contribution in [-0.2, 0) is 4.79 Å². The summed E-state index contributed by atoms with van der Waals surface area (Å²) in [5.74, 6) is -0.429. The summed E-state index contributed by atoms with van der Waals surface area (Å²) in [7, 11) is 3.97. The molecule has 0 fully saturated rings. The predicted molar refractivity (Wildman–Crippen MR) is 102 cm³/mol. The van der Waals surface area contributed by atoms with Crippen LogP contribution in [0.2, 0.25) is 0 Å². The molecule has 0 bridgehead atoms. The molecule has 0 aliphatic carbocycles. The average Bonchev–Trinajstić information content (AvgIpc) is 3.09. The highest BCUT2D eigenvalue weighted by atomic mass is 32.1. The fourth-order valence-corrected chi connectivity index (χ4v) is 3.36. The number of rotatable bonds is 7. The van der Waals surface area contributed by atoms with Gasteiger partial charge in [0.15, 0.2) is 0 Å². The molecule has 2 aromatic rings. The molecule has 1 heterocycles. The average molecular weight is 359 g/mol. The molecule has 0 saturated heterocycles. The molecule has 0 unspecified atom stereocenters. The zero-order valence-corrected chi connectivity index (χ0v) is 15.9. The van der Waals surface area contributed by atoms with Crippen molar-refractivity contribution in [2.45, 2.75) is 19.9 Å². The van der Waals surface area contributed by atoms with E-state index >= 15 is 0 Å². The zero-order chi connectivity index (χ0) is 18.4. The van der Waals surface area contributed by atoms with Gasteiger partial charge in [-0.15, -0.1) is 11.3 Å². The molecule has 1 atom stereocenters. The van der Waals surface area contributed by atoms with Crippen LogP contribution in [0.25, 0.3) is 0 Å². The maximum absolute atomic E-state index is 12.1. The van der Waals surface area contributed by atoms with Gasteiger partial charge in [0.1, 0.15) is 0 Å². The number of thiophene rings is 1. The van der Waals surface area contributed by atoms with Crippen LogP contribution in [0.3, 0.4) is 0 Å². The molecule has 2 rings (SSSR count).